The number of nitrogens with zero attached hydrogens (tertiary/aromatic N) is 4. The number of fused-ring (bicyclic) bond motifs is 1. The number of Topliss-reactive ketones (excluding diaryl/α,β-unsaturated/α-hetero) is 1. The van der Waals surface area contributed by atoms with Gasteiger partial charge in [0.1, 0.15) is 5.69 Å². The average Bonchev–Trinajstić information content (AvgIpc) is 3.10. The lowest BCUT2D eigenvalue weighted by Crippen LogP contribution is -2.47. The molecule has 1 aliphatic carbocycles. The molecular weight excluding hydrogens is 368 g/mol. The van der Waals surface area contributed by atoms with Crippen molar-refractivity contribution in [3.8, 4) is 0 Å². The molecule has 8 heteroatoms. The molecule has 2 N–H and O–H groups in total. The minimum absolute atomic E-state index is 0.115. The molecule has 0 unspecified atom stereocenters. The van der Waals surface area contributed by atoms with Crippen LogP contribution in [0.2, 0.25) is 0 Å². The normalized spacial score (nSPS) is 17.3. The number of hydrogen-bond acceptors (Lipinski definition) is 6. The van der Waals surface area contributed by atoms with E-state index in [0.717, 1.165) is 74.8 Å². The second-order valence-electron chi connectivity index (χ2n) is 7.74. The zero-order valence-corrected chi connectivity index (χ0v) is 16.9. The van der Waals surface area contributed by atoms with Crippen LogP contribution in [-0.2, 0) is 6.42 Å². The van der Waals surface area contributed by atoms with E-state index in [1.807, 2.05) is 13.0 Å². The van der Waals surface area contributed by atoms with Crippen molar-refractivity contribution in [2.75, 3.05) is 44.2 Å². The van der Waals surface area contributed by atoms with Crippen LogP contribution in [0.15, 0.2) is 18.5 Å². The van der Waals surface area contributed by atoms with Crippen molar-refractivity contribution in [1.82, 2.24) is 25.2 Å². The fourth-order valence-corrected chi connectivity index (χ4v) is 4.22. The van der Waals surface area contributed by atoms with Crippen molar-refractivity contribution in [2.24, 2.45) is 0 Å². The van der Waals surface area contributed by atoms with Gasteiger partial charge in [-0.1, -0.05) is 0 Å². The quantitative estimate of drug-likeness (QED) is 0.720. The van der Waals surface area contributed by atoms with Crippen molar-refractivity contribution in [1.29, 1.82) is 0 Å². The predicted octanol–water partition coefficient (Wildman–Crippen LogP) is 1.57. The molecule has 2 aromatic rings. The number of aryl methyl sites for hydroxylation is 1. The molecule has 1 saturated heterocycles. The van der Waals surface area contributed by atoms with Gasteiger partial charge in [0, 0.05) is 62.8 Å². The molecule has 0 spiro atoms. The van der Waals surface area contributed by atoms with Crippen LogP contribution in [-0.4, -0.2) is 70.8 Å². The molecule has 0 saturated carbocycles. The first-order valence-electron chi connectivity index (χ1n) is 10.4. The number of hydrogen-bond donors (Lipinski definition) is 2. The van der Waals surface area contributed by atoms with Gasteiger partial charge in [-0.25, -0.2) is 9.97 Å². The molecule has 2 aliphatic rings. The summed E-state index contributed by atoms with van der Waals surface area (Å²) in [6.45, 7) is 7.20. The van der Waals surface area contributed by atoms with Gasteiger partial charge in [-0.15, -0.1) is 0 Å². The highest BCUT2D eigenvalue weighted by Crippen LogP contribution is 2.26. The van der Waals surface area contributed by atoms with Gasteiger partial charge in [0.15, 0.2) is 5.78 Å². The maximum Gasteiger partial charge on any atom is 0.268 e. The predicted molar refractivity (Wildman–Crippen MR) is 110 cm³/mol. The van der Waals surface area contributed by atoms with Crippen molar-refractivity contribution in [2.45, 2.75) is 32.6 Å². The molecular formula is C21H28N6O2. The fourth-order valence-electron chi connectivity index (χ4n) is 4.22. The summed E-state index contributed by atoms with van der Waals surface area (Å²) in [5.41, 5.74) is 2.99. The Bertz CT molecular complexity index is 871. The van der Waals surface area contributed by atoms with Crippen LogP contribution in [0.5, 0.6) is 0 Å². The molecule has 4 rings (SSSR count). The Morgan fingerprint density at radius 3 is 2.66 bits per heavy atom. The van der Waals surface area contributed by atoms with E-state index in [-0.39, 0.29) is 11.7 Å². The molecule has 8 nitrogen and oxygen atoms in total. The van der Waals surface area contributed by atoms with Crippen LogP contribution in [0.3, 0.4) is 0 Å². The third-order valence-electron chi connectivity index (χ3n) is 5.81. The SMILES string of the molecule is Cc1c(C(=O)NCCCN2CCN(c3ncccn3)CC2)[nH]c2c1C(=O)CCC2. The third-order valence-corrected chi connectivity index (χ3v) is 5.81. The zero-order chi connectivity index (χ0) is 20.2. The number of ketones is 1. The van der Waals surface area contributed by atoms with Crippen LogP contribution in [0, 0.1) is 6.92 Å². The Morgan fingerprint density at radius 2 is 1.93 bits per heavy atom. The van der Waals surface area contributed by atoms with E-state index in [4.69, 9.17) is 0 Å². The summed E-state index contributed by atoms with van der Waals surface area (Å²) in [7, 11) is 0. The van der Waals surface area contributed by atoms with Gasteiger partial charge in [-0.3, -0.25) is 14.5 Å². The lowest BCUT2D eigenvalue weighted by atomic mass is 9.94. The van der Waals surface area contributed by atoms with Gasteiger partial charge >= 0.3 is 0 Å². The minimum Gasteiger partial charge on any atom is -0.354 e. The van der Waals surface area contributed by atoms with Gasteiger partial charge in [-0.2, -0.15) is 0 Å². The summed E-state index contributed by atoms with van der Waals surface area (Å²) >= 11 is 0. The van der Waals surface area contributed by atoms with E-state index < -0.39 is 0 Å². The highest BCUT2D eigenvalue weighted by molar-refractivity contribution is 6.04. The van der Waals surface area contributed by atoms with Crippen LogP contribution < -0.4 is 10.2 Å². The zero-order valence-electron chi connectivity index (χ0n) is 16.9. The third kappa shape index (κ3) is 4.32. The average molecular weight is 396 g/mol. The van der Waals surface area contributed by atoms with Gasteiger partial charge in [0.05, 0.1) is 0 Å². The Hall–Kier alpha value is -2.74. The number of amides is 1. The standard InChI is InChI=1S/C21H28N6O2/c1-15-18-16(5-2-6-17(18)28)25-19(15)20(29)22-9-4-10-26-11-13-27(14-12-26)21-23-7-3-8-24-21/h3,7-8,25H,2,4-6,9-14H2,1H3,(H,22,29). The Balaban J connectivity index is 1.21. The first-order valence-corrected chi connectivity index (χ1v) is 10.4. The smallest absolute Gasteiger partial charge is 0.268 e. The first-order chi connectivity index (χ1) is 14.1. The lowest BCUT2D eigenvalue weighted by Gasteiger charge is -2.34. The van der Waals surface area contributed by atoms with E-state index in [2.05, 4.69) is 30.1 Å². The van der Waals surface area contributed by atoms with Crippen LogP contribution >= 0.6 is 0 Å². The van der Waals surface area contributed by atoms with E-state index in [0.29, 0.717) is 18.7 Å². The Labute approximate surface area is 170 Å². The molecule has 1 aliphatic heterocycles. The highest BCUT2D eigenvalue weighted by atomic mass is 16.2. The molecule has 0 radical (unpaired) electrons. The second kappa shape index (κ2) is 8.73. The Kier molecular flexibility index (Phi) is 5.89. The number of piperazine rings is 1. The fraction of sp³-hybridized carbons (Fsp3) is 0.524. The van der Waals surface area contributed by atoms with Gasteiger partial charge in [-0.05, 0) is 44.4 Å². The van der Waals surface area contributed by atoms with Crippen molar-refractivity contribution < 1.29 is 9.59 Å². The number of carbonyl (C=O) groups excluding carboxylic acids is 2. The largest absolute Gasteiger partial charge is 0.354 e. The molecule has 29 heavy (non-hydrogen) atoms. The molecule has 154 valence electrons. The topological polar surface area (TPSA) is 94.2 Å². The van der Waals surface area contributed by atoms with E-state index in [9.17, 15) is 9.59 Å². The summed E-state index contributed by atoms with van der Waals surface area (Å²) in [6.07, 6.45) is 6.72. The maximum atomic E-state index is 12.6. The monoisotopic (exact) mass is 396 g/mol. The van der Waals surface area contributed by atoms with Crippen LogP contribution in [0.25, 0.3) is 0 Å². The maximum absolute atomic E-state index is 12.6. The summed E-state index contributed by atoms with van der Waals surface area (Å²) < 4.78 is 0. The minimum atomic E-state index is -0.115. The number of aromatic nitrogens is 3. The Morgan fingerprint density at radius 1 is 1.17 bits per heavy atom. The number of aromatic amines is 1. The number of carbonyl (C=O) groups is 2. The van der Waals surface area contributed by atoms with Crippen molar-refractivity contribution in [3.63, 3.8) is 0 Å². The van der Waals surface area contributed by atoms with Gasteiger partial charge < -0.3 is 15.2 Å². The molecule has 2 aromatic heterocycles. The molecule has 1 fully saturated rings. The molecule has 0 bridgehead atoms. The number of anilines is 1. The van der Waals surface area contributed by atoms with Gasteiger partial charge in [0.2, 0.25) is 5.95 Å². The van der Waals surface area contributed by atoms with Crippen molar-refractivity contribution in [3.05, 3.63) is 41.0 Å². The summed E-state index contributed by atoms with van der Waals surface area (Å²) in [5, 5.41) is 3.00. The van der Waals surface area contributed by atoms with E-state index in [1.54, 1.807) is 12.4 Å². The summed E-state index contributed by atoms with van der Waals surface area (Å²) in [6, 6.07) is 1.83. The molecule has 1 amide bonds. The van der Waals surface area contributed by atoms with Crippen LogP contribution in [0.4, 0.5) is 5.95 Å². The first kappa shape index (κ1) is 19.6. The number of rotatable bonds is 6. The van der Waals surface area contributed by atoms with Crippen molar-refractivity contribution >= 4 is 17.6 Å². The molecule has 0 aromatic carbocycles. The highest BCUT2D eigenvalue weighted by Gasteiger charge is 2.26. The number of nitrogens with one attached hydrogen (secondary N) is 2. The molecule has 3 heterocycles. The van der Waals surface area contributed by atoms with Gasteiger partial charge in [0.25, 0.3) is 5.91 Å². The lowest BCUT2D eigenvalue weighted by molar-refractivity contribution is 0.0945. The summed E-state index contributed by atoms with van der Waals surface area (Å²) in [5.74, 6) is 0.830. The van der Waals surface area contributed by atoms with E-state index in [1.165, 1.54) is 0 Å². The summed E-state index contributed by atoms with van der Waals surface area (Å²) in [4.78, 5) is 41.1. The second-order valence-corrected chi connectivity index (χ2v) is 7.74. The van der Waals surface area contributed by atoms with E-state index >= 15 is 0 Å². The molecule has 0 atom stereocenters. The van der Waals surface area contributed by atoms with Crippen LogP contribution in [0.1, 0.15) is 51.4 Å². The number of H-pyrrole nitrogens is 1.